The third kappa shape index (κ3) is 4.56. The number of nitrogens with one attached hydrogen (secondary N) is 1. The molecule has 7 heteroatoms. The first kappa shape index (κ1) is 20.6. The van der Waals surface area contributed by atoms with Gasteiger partial charge >= 0.3 is 0 Å². The normalized spacial score (nSPS) is 11.2. The van der Waals surface area contributed by atoms with Crippen LogP contribution in [0.15, 0.2) is 71.2 Å². The molecule has 0 bridgehead atoms. The quantitative estimate of drug-likeness (QED) is 0.300. The number of benzene rings is 3. The van der Waals surface area contributed by atoms with Crippen LogP contribution < -0.4 is 10.1 Å². The molecule has 3 aromatic carbocycles. The Morgan fingerprint density at radius 3 is 2.80 bits per heavy atom. The van der Waals surface area contributed by atoms with E-state index in [1.54, 1.807) is 30.6 Å². The van der Waals surface area contributed by atoms with Crippen molar-refractivity contribution >= 4 is 66.8 Å². The van der Waals surface area contributed by atoms with Gasteiger partial charge in [0, 0.05) is 21.7 Å². The van der Waals surface area contributed by atoms with Gasteiger partial charge in [0.2, 0.25) is 5.91 Å². The van der Waals surface area contributed by atoms with Crippen LogP contribution in [-0.4, -0.2) is 18.0 Å². The minimum atomic E-state index is -0.291. The van der Waals surface area contributed by atoms with Crippen molar-refractivity contribution in [3.05, 3.63) is 81.8 Å². The summed E-state index contributed by atoms with van der Waals surface area (Å²) in [5.41, 5.74) is 3.16. The van der Waals surface area contributed by atoms with Gasteiger partial charge in [-0.25, -0.2) is 4.98 Å². The molecular weight excluding hydrogens is 484 g/mol. The lowest BCUT2D eigenvalue weighted by Gasteiger charge is -2.08. The summed E-state index contributed by atoms with van der Waals surface area (Å²) in [5.74, 6) is 0.387. The molecule has 0 saturated heterocycles. The lowest BCUT2D eigenvalue weighted by molar-refractivity contribution is -0.111. The van der Waals surface area contributed by atoms with Crippen LogP contribution >= 0.6 is 38.9 Å². The molecule has 0 atom stereocenters. The smallest absolute Gasteiger partial charge is 0.248 e. The second-order valence-corrected chi connectivity index (χ2v) is 8.74. The molecule has 1 N–H and O–H groups in total. The third-order valence-corrected chi connectivity index (χ3v) is 6.28. The Balaban J connectivity index is 1.56. The number of anilines is 1. The fourth-order valence-corrected chi connectivity index (χ4v) is 4.43. The highest BCUT2D eigenvalue weighted by Gasteiger charge is 2.10. The first-order chi connectivity index (χ1) is 14.5. The number of thiazole rings is 1. The Kier molecular flexibility index (Phi) is 6.18. The van der Waals surface area contributed by atoms with Gasteiger partial charge in [-0.2, -0.15) is 0 Å². The number of methoxy groups -OCH3 is 1. The van der Waals surface area contributed by atoms with Gasteiger partial charge in [0.25, 0.3) is 0 Å². The zero-order valence-electron chi connectivity index (χ0n) is 15.9. The Bertz CT molecular complexity index is 1240. The van der Waals surface area contributed by atoms with Gasteiger partial charge in [0.15, 0.2) is 0 Å². The number of hydrogen-bond donors (Lipinski definition) is 1. The number of aromatic nitrogens is 1. The van der Waals surface area contributed by atoms with Crippen molar-refractivity contribution in [2.24, 2.45) is 0 Å². The molecule has 30 heavy (non-hydrogen) atoms. The molecule has 0 fully saturated rings. The number of nitrogens with zero attached hydrogens (tertiary/aromatic N) is 1. The van der Waals surface area contributed by atoms with Crippen LogP contribution in [0.5, 0.6) is 5.75 Å². The minimum absolute atomic E-state index is 0.291. The number of rotatable bonds is 5. The van der Waals surface area contributed by atoms with Crippen LogP contribution in [0.3, 0.4) is 0 Å². The minimum Gasteiger partial charge on any atom is -0.496 e. The van der Waals surface area contributed by atoms with Gasteiger partial charge in [-0.15, -0.1) is 11.3 Å². The molecule has 4 rings (SSSR count). The molecule has 0 spiro atoms. The van der Waals surface area contributed by atoms with Crippen molar-refractivity contribution in [1.29, 1.82) is 0 Å². The highest BCUT2D eigenvalue weighted by molar-refractivity contribution is 9.10. The molecule has 0 saturated carbocycles. The highest BCUT2D eigenvalue weighted by atomic mass is 79.9. The van der Waals surface area contributed by atoms with Gasteiger partial charge in [0.05, 0.1) is 28.0 Å². The van der Waals surface area contributed by atoms with Crippen LogP contribution in [0.1, 0.15) is 5.56 Å². The molecule has 0 radical (unpaired) electrons. The fourth-order valence-electron chi connectivity index (χ4n) is 2.93. The van der Waals surface area contributed by atoms with Crippen molar-refractivity contribution in [3.8, 4) is 16.3 Å². The summed E-state index contributed by atoms with van der Waals surface area (Å²) < 4.78 is 7.34. The Morgan fingerprint density at radius 1 is 1.17 bits per heavy atom. The predicted octanol–water partition coefficient (Wildman–Crippen LogP) is 7.04. The second-order valence-electron chi connectivity index (χ2n) is 6.39. The zero-order chi connectivity index (χ0) is 21.1. The van der Waals surface area contributed by atoms with Crippen LogP contribution in [0.4, 0.5) is 5.69 Å². The van der Waals surface area contributed by atoms with Gasteiger partial charge < -0.3 is 10.1 Å². The molecular formula is C23H16BrClN2O2S. The third-order valence-electron chi connectivity index (χ3n) is 4.37. The summed E-state index contributed by atoms with van der Waals surface area (Å²) in [6, 6.07) is 19.1. The van der Waals surface area contributed by atoms with Gasteiger partial charge in [0.1, 0.15) is 10.8 Å². The SMILES string of the molecule is COc1ccc(Br)cc1/C=C/C(=O)Nc1cc(-c2nc3ccccc3s2)ccc1Cl. The van der Waals surface area contributed by atoms with Crippen molar-refractivity contribution in [1.82, 2.24) is 4.98 Å². The highest BCUT2D eigenvalue weighted by Crippen LogP contribution is 2.34. The molecule has 150 valence electrons. The number of hydrogen-bond acceptors (Lipinski definition) is 4. The average Bonchev–Trinajstić information content (AvgIpc) is 3.18. The van der Waals surface area contributed by atoms with E-state index in [1.165, 1.54) is 6.08 Å². The maximum absolute atomic E-state index is 12.5. The van der Waals surface area contributed by atoms with Gasteiger partial charge in [-0.3, -0.25) is 4.79 Å². The monoisotopic (exact) mass is 498 g/mol. The molecule has 4 nitrogen and oxygen atoms in total. The molecule has 1 aromatic heterocycles. The molecule has 1 amide bonds. The number of fused-ring (bicyclic) bond motifs is 1. The lowest BCUT2D eigenvalue weighted by atomic mass is 10.2. The van der Waals surface area contributed by atoms with E-state index in [0.29, 0.717) is 16.5 Å². The fraction of sp³-hybridized carbons (Fsp3) is 0.0435. The molecule has 0 unspecified atom stereocenters. The molecule has 0 aliphatic heterocycles. The standard InChI is InChI=1S/C23H16BrClN2O2S/c1-29-20-10-8-16(24)12-14(20)7-11-22(28)26-19-13-15(6-9-17(19)25)23-27-18-4-2-3-5-21(18)30-23/h2-13H,1H3,(H,26,28)/b11-7+. The maximum atomic E-state index is 12.5. The predicted molar refractivity (Wildman–Crippen MR) is 128 cm³/mol. The van der Waals surface area contributed by atoms with E-state index in [4.69, 9.17) is 16.3 Å². The Labute approximate surface area is 191 Å². The van der Waals surface area contributed by atoms with Crippen LogP contribution in [-0.2, 0) is 4.79 Å². The molecule has 1 heterocycles. The molecule has 0 aliphatic rings. The summed E-state index contributed by atoms with van der Waals surface area (Å²) in [6.07, 6.45) is 3.15. The Morgan fingerprint density at radius 2 is 2.00 bits per heavy atom. The van der Waals surface area contributed by atoms with E-state index in [9.17, 15) is 4.79 Å². The average molecular weight is 500 g/mol. The lowest BCUT2D eigenvalue weighted by Crippen LogP contribution is -2.08. The van der Waals surface area contributed by atoms with E-state index in [0.717, 1.165) is 30.8 Å². The number of ether oxygens (including phenoxy) is 1. The van der Waals surface area contributed by atoms with E-state index < -0.39 is 0 Å². The number of para-hydroxylation sites is 1. The molecule has 0 aliphatic carbocycles. The molecule has 4 aromatic rings. The number of carbonyl (C=O) groups excluding carboxylic acids is 1. The van der Waals surface area contributed by atoms with E-state index in [1.807, 2.05) is 54.6 Å². The maximum Gasteiger partial charge on any atom is 0.248 e. The number of carbonyl (C=O) groups is 1. The van der Waals surface area contributed by atoms with Gasteiger partial charge in [-0.05, 0) is 48.5 Å². The topological polar surface area (TPSA) is 51.2 Å². The van der Waals surface area contributed by atoms with Crippen LogP contribution in [0.25, 0.3) is 26.9 Å². The first-order valence-electron chi connectivity index (χ1n) is 9.01. The van der Waals surface area contributed by atoms with Crippen molar-refractivity contribution in [2.75, 3.05) is 12.4 Å². The van der Waals surface area contributed by atoms with Crippen LogP contribution in [0.2, 0.25) is 5.02 Å². The summed E-state index contributed by atoms with van der Waals surface area (Å²) in [4.78, 5) is 17.2. The van der Waals surface area contributed by atoms with Gasteiger partial charge in [-0.1, -0.05) is 45.7 Å². The van der Waals surface area contributed by atoms with E-state index in [-0.39, 0.29) is 5.91 Å². The summed E-state index contributed by atoms with van der Waals surface area (Å²) in [6.45, 7) is 0. The van der Waals surface area contributed by atoms with Crippen molar-refractivity contribution < 1.29 is 9.53 Å². The summed E-state index contributed by atoms with van der Waals surface area (Å²) >= 11 is 11.3. The zero-order valence-corrected chi connectivity index (χ0v) is 19.0. The number of halogens is 2. The van der Waals surface area contributed by atoms with E-state index in [2.05, 4.69) is 26.2 Å². The summed E-state index contributed by atoms with van der Waals surface area (Å²) in [7, 11) is 1.59. The van der Waals surface area contributed by atoms with Crippen LogP contribution in [0, 0.1) is 0 Å². The largest absolute Gasteiger partial charge is 0.496 e. The second kappa shape index (κ2) is 9.00. The summed E-state index contributed by atoms with van der Waals surface area (Å²) in [5, 5.41) is 4.18. The van der Waals surface area contributed by atoms with Crippen molar-refractivity contribution in [3.63, 3.8) is 0 Å². The number of amides is 1. The Hall–Kier alpha value is -2.67. The van der Waals surface area contributed by atoms with Crippen molar-refractivity contribution in [2.45, 2.75) is 0 Å². The van der Waals surface area contributed by atoms with E-state index >= 15 is 0 Å². The first-order valence-corrected chi connectivity index (χ1v) is 11.0.